The van der Waals surface area contributed by atoms with Gasteiger partial charge in [-0.15, -0.1) is 0 Å². The molecule has 8 heteroatoms. The number of hydrogen-bond acceptors (Lipinski definition) is 7. The van der Waals surface area contributed by atoms with Crippen molar-refractivity contribution in [1.29, 1.82) is 5.26 Å². The number of hydrogen-bond donors (Lipinski definition) is 2. The monoisotopic (exact) mass is 487 g/mol. The van der Waals surface area contributed by atoms with Crippen LogP contribution in [0.2, 0.25) is 5.02 Å². The lowest BCUT2D eigenvalue weighted by molar-refractivity contribution is 0.301. The van der Waals surface area contributed by atoms with Crippen LogP contribution in [0.3, 0.4) is 0 Å². The molecule has 0 aliphatic rings. The third-order valence-electron chi connectivity index (χ3n) is 5.51. The highest BCUT2D eigenvalue weighted by Crippen LogP contribution is 2.36. The van der Waals surface area contributed by atoms with Gasteiger partial charge in [0.05, 0.1) is 39.8 Å². The van der Waals surface area contributed by atoms with Crippen LogP contribution < -0.4 is 20.5 Å². The summed E-state index contributed by atoms with van der Waals surface area (Å²) in [6.07, 6.45) is 3.39. The Morgan fingerprint density at radius 1 is 1.06 bits per heavy atom. The van der Waals surface area contributed by atoms with Gasteiger partial charge in [0.2, 0.25) is 0 Å². The van der Waals surface area contributed by atoms with Gasteiger partial charge in [0.25, 0.3) is 0 Å². The minimum atomic E-state index is 0.305. The minimum Gasteiger partial charge on any atom is -0.492 e. The van der Waals surface area contributed by atoms with E-state index >= 15 is 0 Å². The number of rotatable bonds is 8. The molecule has 0 aliphatic heterocycles. The molecule has 0 unspecified atom stereocenters. The van der Waals surface area contributed by atoms with Crippen LogP contribution in [0.4, 0.5) is 17.1 Å². The third-order valence-corrected chi connectivity index (χ3v) is 5.81. The van der Waals surface area contributed by atoms with Gasteiger partial charge in [0, 0.05) is 29.5 Å². The number of aromatic nitrogens is 2. The fourth-order valence-electron chi connectivity index (χ4n) is 3.59. The van der Waals surface area contributed by atoms with E-state index < -0.39 is 0 Å². The van der Waals surface area contributed by atoms with E-state index in [0.29, 0.717) is 69.2 Å². The molecule has 0 bridgehead atoms. The smallest absolute Gasteiger partial charge is 0.144 e. The van der Waals surface area contributed by atoms with Crippen molar-refractivity contribution in [2.45, 2.75) is 33.3 Å². The number of fused-ring (bicyclic) bond motifs is 1. The van der Waals surface area contributed by atoms with Gasteiger partial charge in [0.15, 0.2) is 0 Å². The van der Waals surface area contributed by atoms with Gasteiger partial charge in [-0.25, -0.2) is 0 Å². The first-order chi connectivity index (χ1) is 16.9. The molecule has 0 fully saturated rings. The lowest BCUT2D eigenvalue weighted by Crippen LogP contribution is -2.01. The van der Waals surface area contributed by atoms with Crippen molar-refractivity contribution in [1.82, 2.24) is 9.97 Å². The van der Waals surface area contributed by atoms with Crippen LogP contribution in [0.15, 0.2) is 54.9 Å². The van der Waals surface area contributed by atoms with Crippen LogP contribution in [0.25, 0.3) is 10.9 Å². The average Bonchev–Trinajstić information content (AvgIpc) is 2.85. The molecule has 0 amide bonds. The maximum atomic E-state index is 9.65. The molecular weight excluding hydrogens is 462 g/mol. The Morgan fingerprint density at radius 2 is 1.89 bits per heavy atom. The predicted octanol–water partition coefficient (Wildman–Crippen LogP) is 6.58. The number of nitriles is 1. The number of benzene rings is 2. The highest BCUT2D eigenvalue weighted by atomic mass is 35.5. The molecule has 2 aromatic heterocycles. The molecule has 4 aromatic rings. The van der Waals surface area contributed by atoms with Crippen molar-refractivity contribution in [3.63, 3.8) is 0 Å². The van der Waals surface area contributed by atoms with E-state index in [2.05, 4.69) is 41.3 Å². The maximum absolute atomic E-state index is 9.65. The summed E-state index contributed by atoms with van der Waals surface area (Å²) in [5.74, 6) is 1.52. The molecule has 4 rings (SSSR count). The van der Waals surface area contributed by atoms with E-state index in [1.54, 1.807) is 24.3 Å². The Balaban J connectivity index is 1.56. The molecule has 3 N–H and O–H groups in total. The number of ether oxygens (including phenoxy) is 2. The van der Waals surface area contributed by atoms with Crippen molar-refractivity contribution in [2.24, 2.45) is 0 Å². The van der Waals surface area contributed by atoms with Crippen LogP contribution >= 0.6 is 11.6 Å². The summed E-state index contributed by atoms with van der Waals surface area (Å²) in [4.78, 5) is 8.84. The quantitative estimate of drug-likeness (QED) is 0.270. The Labute approximate surface area is 209 Å². The summed E-state index contributed by atoms with van der Waals surface area (Å²) in [6, 6.07) is 15.1. The lowest BCUT2D eigenvalue weighted by atomic mass is 10.1. The molecule has 7 nitrogen and oxygen atoms in total. The number of nitrogen functional groups attached to an aromatic ring is 1. The van der Waals surface area contributed by atoms with Crippen LogP contribution in [0, 0.1) is 11.3 Å². The van der Waals surface area contributed by atoms with Crippen molar-refractivity contribution in [3.05, 3.63) is 76.7 Å². The Morgan fingerprint density at radius 3 is 2.54 bits per heavy atom. The fourth-order valence-corrected chi connectivity index (χ4v) is 3.83. The van der Waals surface area contributed by atoms with Crippen molar-refractivity contribution < 1.29 is 9.47 Å². The van der Waals surface area contributed by atoms with Gasteiger partial charge in [-0.3, -0.25) is 9.97 Å². The molecule has 0 aliphatic carbocycles. The Kier molecular flexibility index (Phi) is 7.23. The van der Waals surface area contributed by atoms with Crippen molar-refractivity contribution in [3.8, 4) is 17.6 Å². The van der Waals surface area contributed by atoms with Gasteiger partial charge in [0.1, 0.15) is 24.2 Å². The average molecular weight is 488 g/mol. The zero-order chi connectivity index (χ0) is 24.9. The van der Waals surface area contributed by atoms with Gasteiger partial charge >= 0.3 is 0 Å². The van der Waals surface area contributed by atoms with E-state index in [1.165, 1.54) is 11.8 Å². The molecule has 0 spiro atoms. The summed E-state index contributed by atoms with van der Waals surface area (Å²) >= 11 is 6.50. The molecule has 0 atom stereocenters. The lowest BCUT2D eigenvalue weighted by Gasteiger charge is -2.15. The van der Waals surface area contributed by atoms with E-state index in [0.717, 1.165) is 5.69 Å². The molecule has 0 saturated carbocycles. The summed E-state index contributed by atoms with van der Waals surface area (Å²) in [5.41, 5.74) is 11.0. The second-order valence-corrected chi connectivity index (χ2v) is 8.70. The second kappa shape index (κ2) is 10.5. The molecule has 2 heterocycles. The van der Waals surface area contributed by atoms with Gasteiger partial charge < -0.3 is 20.5 Å². The summed E-state index contributed by atoms with van der Waals surface area (Å²) in [5, 5.41) is 14.1. The first-order valence-electron chi connectivity index (χ1n) is 11.3. The van der Waals surface area contributed by atoms with Crippen LogP contribution in [-0.4, -0.2) is 16.6 Å². The van der Waals surface area contributed by atoms with Gasteiger partial charge in [-0.2, -0.15) is 5.26 Å². The number of nitrogens with one attached hydrogen (secondary N) is 1. The maximum Gasteiger partial charge on any atom is 0.144 e. The Bertz CT molecular complexity index is 1400. The summed E-state index contributed by atoms with van der Waals surface area (Å²) in [6.45, 7) is 6.94. The summed E-state index contributed by atoms with van der Waals surface area (Å²) < 4.78 is 11.5. The number of pyridine rings is 2. The van der Waals surface area contributed by atoms with Crippen LogP contribution in [-0.2, 0) is 6.61 Å². The molecule has 0 saturated heterocycles. The standard InChI is InChI=1S/C27H26ClN5O2/c1-4-34-26-11-24-21(10-23(26)30)27(18(12-29)14-32-24)33-19-7-8-25(22(28)9-19)35-15-20-6-5-17(13-31-20)16(2)3/h5-11,13-14,16H,4,15,30H2,1-3H3,(H,32,33). The van der Waals surface area contributed by atoms with Crippen LogP contribution in [0.5, 0.6) is 11.5 Å². The van der Waals surface area contributed by atoms with Crippen molar-refractivity contribution >= 4 is 39.6 Å². The van der Waals surface area contributed by atoms with E-state index in [1.807, 2.05) is 25.3 Å². The molecule has 178 valence electrons. The normalized spacial score (nSPS) is 10.9. The molecule has 0 radical (unpaired) electrons. The fraction of sp³-hybridized carbons (Fsp3) is 0.222. The van der Waals surface area contributed by atoms with Gasteiger partial charge in [-0.05, 0) is 48.7 Å². The van der Waals surface area contributed by atoms with Gasteiger partial charge in [-0.1, -0.05) is 31.5 Å². The highest BCUT2D eigenvalue weighted by Gasteiger charge is 2.14. The number of nitrogens with zero attached hydrogens (tertiary/aromatic N) is 3. The molecule has 35 heavy (non-hydrogen) atoms. The van der Waals surface area contributed by atoms with E-state index in [4.69, 9.17) is 26.8 Å². The van der Waals surface area contributed by atoms with Crippen LogP contribution in [0.1, 0.15) is 43.5 Å². The summed E-state index contributed by atoms with van der Waals surface area (Å²) in [7, 11) is 0. The number of nitrogens with two attached hydrogens (primary N) is 1. The SMILES string of the molecule is CCOc1cc2ncc(C#N)c(Nc3ccc(OCc4ccc(C(C)C)cn4)c(Cl)c3)c2cc1N. The highest BCUT2D eigenvalue weighted by molar-refractivity contribution is 6.32. The zero-order valence-corrected chi connectivity index (χ0v) is 20.6. The molecular formula is C27H26ClN5O2. The second-order valence-electron chi connectivity index (χ2n) is 8.30. The number of halogens is 1. The van der Waals surface area contributed by atoms with E-state index in [9.17, 15) is 5.26 Å². The topological polar surface area (TPSA) is 106 Å². The number of anilines is 3. The van der Waals surface area contributed by atoms with Crippen molar-refractivity contribution in [2.75, 3.05) is 17.7 Å². The third kappa shape index (κ3) is 5.39. The van der Waals surface area contributed by atoms with E-state index in [-0.39, 0.29) is 0 Å². The minimum absolute atomic E-state index is 0.305. The molecule has 2 aromatic carbocycles. The predicted molar refractivity (Wildman–Crippen MR) is 139 cm³/mol. The zero-order valence-electron chi connectivity index (χ0n) is 19.8. The largest absolute Gasteiger partial charge is 0.492 e. The first kappa shape index (κ1) is 24.1. The Hall–Kier alpha value is -4.02. The first-order valence-corrected chi connectivity index (χ1v) is 11.7.